The van der Waals surface area contributed by atoms with Crippen LogP contribution < -0.4 is 25.6 Å². The number of rotatable bonds is 6. The smallest absolute Gasteiger partial charge is 0.276 e. The van der Waals surface area contributed by atoms with Crippen molar-refractivity contribution >= 4 is 39.9 Å². The Morgan fingerprint density at radius 1 is 0.800 bits per heavy atom. The van der Waals surface area contributed by atoms with Gasteiger partial charge in [0, 0.05) is 0 Å². The molecule has 0 unspecified atom stereocenters. The second kappa shape index (κ2) is 10.2. The van der Waals surface area contributed by atoms with E-state index in [1.54, 1.807) is 18.2 Å². The highest BCUT2D eigenvalue weighted by atomic mass is 32.1. The molecular formula is C22H21N3O4S. The molecule has 0 aliphatic rings. The Labute approximate surface area is 179 Å². The van der Waals surface area contributed by atoms with Gasteiger partial charge in [-0.2, -0.15) is 0 Å². The summed E-state index contributed by atoms with van der Waals surface area (Å²) in [6.45, 7) is 1.55. The van der Waals surface area contributed by atoms with Crippen LogP contribution in [-0.2, 0) is 9.59 Å². The van der Waals surface area contributed by atoms with Gasteiger partial charge in [0.1, 0.15) is 11.5 Å². The van der Waals surface area contributed by atoms with Crippen molar-refractivity contribution < 1.29 is 19.1 Å². The molecule has 8 heteroatoms. The highest BCUT2D eigenvalue weighted by Crippen LogP contribution is 2.20. The molecule has 0 aromatic heterocycles. The number of thiocarbonyl (C=S) groups is 1. The Hall–Kier alpha value is -3.65. The van der Waals surface area contributed by atoms with E-state index in [1.807, 2.05) is 55.5 Å². The molecule has 0 saturated heterocycles. The van der Waals surface area contributed by atoms with Crippen molar-refractivity contribution in [2.45, 2.75) is 6.92 Å². The second-order valence-corrected chi connectivity index (χ2v) is 6.86. The summed E-state index contributed by atoms with van der Waals surface area (Å²) in [7, 11) is 0. The number of carbonyl (C=O) groups excluding carboxylic acids is 2. The summed E-state index contributed by atoms with van der Waals surface area (Å²) < 4.78 is 10.8. The highest BCUT2D eigenvalue weighted by Gasteiger charge is 2.08. The van der Waals surface area contributed by atoms with Crippen molar-refractivity contribution in [1.29, 1.82) is 0 Å². The number of aryl methyl sites for hydroxylation is 1. The number of ether oxygens (including phenoxy) is 2. The van der Waals surface area contributed by atoms with Gasteiger partial charge in [-0.1, -0.05) is 48.0 Å². The molecule has 0 heterocycles. The van der Waals surface area contributed by atoms with Crippen molar-refractivity contribution in [3.63, 3.8) is 0 Å². The molecule has 0 fully saturated rings. The summed E-state index contributed by atoms with van der Waals surface area (Å²) in [5.41, 5.74) is 5.89. The first kappa shape index (κ1) is 21.1. The summed E-state index contributed by atoms with van der Waals surface area (Å²) in [6, 6.07) is 20.7. The monoisotopic (exact) mass is 423 g/mol. The Morgan fingerprint density at radius 3 is 2.20 bits per heavy atom. The van der Waals surface area contributed by atoms with E-state index in [-0.39, 0.29) is 18.3 Å². The topological polar surface area (TPSA) is 88.7 Å². The molecule has 0 spiro atoms. The fourth-order valence-corrected chi connectivity index (χ4v) is 2.71. The number of fused-ring (bicyclic) bond motifs is 1. The second-order valence-electron chi connectivity index (χ2n) is 6.45. The van der Waals surface area contributed by atoms with E-state index < -0.39 is 11.8 Å². The molecule has 30 heavy (non-hydrogen) atoms. The van der Waals surface area contributed by atoms with Crippen molar-refractivity contribution in [3.05, 3.63) is 72.3 Å². The molecule has 3 aromatic rings. The largest absolute Gasteiger partial charge is 0.484 e. The van der Waals surface area contributed by atoms with Gasteiger partial charge in [-0.3, -0.25) is 25.8 Å². The van der Waals surface area contributed by atoms with Crippen LogP contribution in [0, 0.1) is 6.92 Å². The molecule has 3 N–H and O–H groups in total. The van der Waals surface area contributed by atoms with Gasteiger partial charge in [0.2, 0.25) is 0 Å². The van der Waals surface area contributed by atoms with Crippen molar-refractivity contribution in [2.24, 2.45) is 0 Å². The van der Waals surface area contributed by atoms with Gasteiger partial charge < -0.3 is 9.47 Å². The standard InChI is InChI=1S/C22H21N3O4S/c1-15-6-9-18(10-7-15)28-14-21(27)24-25-22(30)23-20(26)13-29-19-11-8-16-4-2-3-5-17(16)12-19/h2-12H,13-14H2,1H3,(H,24,27)(H2,23,25,26,30). The van der Waals surface area contributed by atoms with Gasteiger partial charge in [0.05, 0.1) is 0 Å². The maximum Gasteiger partial charge on any atom is 0.276 e. The zero-order chi connectivity index (χ0) is 21.3. The van der Waals surface area contributed by atoms with E-state index in [0.717, 1.165) is 16.3 Å². The van der Waals surface area contributed by atoms with Gasteiger partial charge in [0.15, 0.2) is 18.3 Å². The molecule has 0 bridgehead atoms. The number of benzene rings is 3. The lowest BCUT2D eigenvalue weighted by Crippen LogP contribution is -2.50. The van der Waals surface area contributed by atoms with E-state index in [9.17, 15) is 9.59 Å². The van der Waals surface area contributed by atoms with E-state index in [2.05, 4.69) is 16.2 Å². The van der Waals surface area contributed by atoms with Crippen LogP contribution in [0.5, 0.6) is 11.5 Å². The van der Waals surface area contributed by atoms with Crippen LogP contribution in [0.2, 0.25) is 0 Å². The van der Waals surface area contributed by atoms with E-state index >= 15 is 0 Å². The lowest BCUT2D eigenvalue weighted by Gasteiger charge is -2.12. The summed E-state index contributed by atoms with van der Waals surface area (Å²) in [5.74, 6) is 0.257. The van der Waals surface area contributed by atoms with Crippen LogP contribution in [0.3, 0.4) is 0 Å². The lowest BCUT2D eigenvalue weighted by atomic mass is 10.1. The summed E-state index contributed by atoms with van der Waals surface area (Å²) >= 11 is 4.98. The zero-order valence-electron chi connectivity index (χ0n) is 16.3. The molecule has 0 aliphatic carbocycles. The third-order valence-electron chi connectivity index (χ3n) is 4.05. The van der Waals surface area contributed by atoms with Crippen molar-refractivity contribution in [1.82, 2.24) is 16.2 Å². The molecule has 3 rings (SSSR count). The van der Waals surface area contributed by atoms with Crippen LogP contribution in [-0.4, -0.2) is 30.1 Å². The molecule has 0 radical (unpaired) electrons. The van der Waals surface area contributed by atoms with Gasteiger partial charge in [-0.25, -0.2) is 0 Å². The molecule has 0 aliphatic heterocycles. The maximum atomic E-state index is 12.0. The van der Waals surface area contributed by atoms with Crippen LogP contribution in [0.4, 0.5) is 0 Å². The van der Waals surface area contributed by atoms with Gasteiger partial charge in [-0.15, -0.1) is 0 Å². The average molecular weight is 423 g/mol. The lowest BCUT2D eigenvalue weighted by molar-refractivity contribution is -0.124. The first-order valence-corrected chi connectivity index (χ1v) is 9.60. The minimum Gasteiger partial charge on any atom is -0.484 e. The van der Waals surface area contributed by atoms with E-state index in [4.69, 9.17) is 21.7 Å². The first-order chi connectivity index (χ1) is 14.5. The van der Waals surface area contributed by atoms with Crippen LogP contribution in [0.15, 0.2) is 66.7 Å². The minimum atomic E-state index is -0.453. The SMILES string of the molecule is Cc1ccc(OCC(=O)NNC(=S)NC(=O)COc2ccc3ccccc3c2)cc1. The summed E-state index contributed by atoms with van der Waals surface area (Å²) in [5, 5.41) is 4.48. The molecule has 0 atom stereocenters. The molecular weight excluding hydrogens is 402 g/mol. The normalized spacial score (nSPS) is 10.2. The minimum absolute atomic E-state index is 0.0502. The molecule has 7 nitrogen and oxygen atoms in total. The van der Waals surface area contributed by atoms with Crippen molar-refractivity contribution in [3.8, 4) is 11.5 Å². The van der Waals surface area contributed by atoms with Gasteiger partial charge in [-0.05, 0) is 54.2 Å². The van der Waals surface area contributed by atoms with E-state index in [0.29, 0.717) is 11.5 Å². The van der Waals surface area contributed by atoms with Crippen molar-refractivity contribution in [2.75, 3.05) is 13.2 Å². The predicted octanol–water partition coefficient (Wildman–Crippen LogP) is 2.63. The Kier molecular flexibility index (Phi) is 7.18. The number of hydrogen-bond acceptors (Lipinski definition) is 5. The Morgan fingerprint density at radius 2 is 1.43 bits per heavy atom. The first-order valence-electron chi connectivity index (χ1n) is 9.19. The van der Waals surface area contributed by atoms with E-state index in [1.165, 1.54) is 0 Å². The summed E-state index contributed by atoms with van der Waals surface area (Å²) in [6.07, 6.45) is 0. The molecule has 0 saturated carbocycles. The number of carbonyl (C=O) groups is 2. The molecule has 154 valence electrons. The average Bonchev–Trinajstić information content (AvgIpc) is 2.75. The van der Waals surface area contributed by atoms with Gasteiger partial charge in [0.25, 0.3) is 11.8 Å². The third-order valence-corrected chi connectivity index (χ3v) is 4.25. The number of hydrogen-bond donors (Lipinski definition) is 3. The molecule has 2 amide bonds. The zero-order valence-corrected chi connectivity index (χ0v) is 17.1. The third kappa shape index (κ3) is 6.46. The van der Waals surface area contributed by atoms with Crippen LogP contribution in [0.1, 0.15) is 5.56 Å². The van der Waals surface area contributed by atoms with Crippen LogP contribution >= 0.6 is 12.2 Å². The Bertz CT molecular complexity index is 1050. The number of nitrogens with one attached hydrogen (secondary N) is 3. The number of hydrazine groups is 1. The Balaban J connectivity index is 1.35. The maximum absolute atomic E-state index is 12.0. The van der Waals surface area contributed by atoms with Crippen LogP contribution in [0.25, 0.3) is 10.8 Å². The quantitative estimate of drug-likeness (QED) is 0.417. The number of amides is 2. The summed E-state index contributed by atoms with van der Waals surface area (Å²) in [4.78, 5) is 23.8. The van der Waals surface area contributed by atoms with Gasteiger partial charge >= 0.3 is 0 Å². The predicted molar refractivity (Wildman–Crippen MR) is 118 cm³/mol. The molecule has 3 aromatic carbocycles. The highest BCUT2D eigenvalue weighted by molar-refractivity contribution is 7.80. The fourth-order valence-electron chi connectivity index (χ4n) is 2.55. The fraction of sp³-hybridized carbons (Fsp3) is 0.136.